The normalized spacial score (nSPS) is 10.6. The third-order valence-electron chi connectivity index (χ3n) is 2.14. The van der Waals surface area contributed by atoms with Crippen LogP contribution in [0.5, 0.6) is 0 Å². The minimum atomic E-state index is 0.482. The van der Waals surface area contributed by atoms with Gasteiger partial charge in [-0.15, -0.1) is 10.2 Å². The lowest BCUT2D eigenvalue weighted by Gasteiger charge is -2.04. The van der Waals surface area contributed by atoms with Crippen molar-refractivity contribution in [2.24, 2.45) is 0 Å². The van der Waals surface area contributed by atoms with E-state index >= 15 is 0 Å². The highest BCUT2D eigenvalue weighted by Gasteiger charge is 2.07. The predicted molar refractivity (Wildman–Crippen MR) is 58.7 cm³/mol. The lowest BCUT2D eigenvalue weighted by Crippen LogP contribution is -1.97. The van der Waals surface area contributed by atoms with E-state index < -0.39 is 0 Å². The van der Waals surface area contributed by atoms with E-state index in [1.165, 1.54) is 0 Å². The molecule has 0 spiro atoms. The predicted octanol–water partition coefficient (Wildman–Crippen LogP) is 2.32. The Morgan fingerprint density at radius 2 is 2.20 bits per heavy atom. The van der Waals surface area contributed by atoms with E-state index in [1.807, 2.05) is 24.5 Å². The average Bonchev–Trinajstić information content (AvgIpc) is 2.63. The molecule has 0 atom stereocenters. The molecule has 0 aliphatic heterocycles. The lowest BCUT2D eigenvalue weighted by molar-refractivity contribution is 0.766. The SMILES string of the molecule is CCn1cnnc1-c1cc(C)nc(Cl)c1. The van der Waals surface area contributed by atoms with Crippen molar-refractivity contribution in [2.75, 3.05) is 0 Å². The maximum absolute atomic E-state index is 5.89. The van der Waals surface area contributed by atoms with Gasteiger partial charge in [0.1, 0.15) is 11.5 Å². The molecule has 0 amide bonds. The van der Waals surface area contributed by atoms with Crippen LogP contribution in [0.15, 0.2) is 18.5 Å². The Morgan fingerprint density at radius 1 is 1.40 bits per heavy atom. The fraction of sp³-hybridized carbons (Fsp3) is 0.300. The Morgan fingerprint density at radius 3 is 2.87 bits per heavy atom. The molecule has 0 unspecified atom stereocenters. The van der Waals surface area contributed by atoms with Crippen molar-refractivity contribution < 1.29 is 0 Å². The summed E-state index contributed by atoms with van der Waals surface area (Å²) >= 11 is 5.89. The van der Waals surface area contributed by atoms with Crippen molar-refractivity contribution in [3.05, 3.63) is 29.3 Å². The van der Waals surface area contributed by atoms with Crippen molar-refractivity contribution in [1.82, 2.24) is 19.7 Å². The molecule has 0 saturated carbocycles. The van der Waals surface area contributed by atoms with Crippen molar-refractivity contribution >= 4 is 11.6 Å². The first-order chi connectivity index (χ1) is 7.20. The Kier molecular flexibility index (Phi) is 2.68. The van der Waals surface area contributed by atoms with Gasteiger partial charge in [0, 0.05) is 17.8 Å². The summed E-state index contributed by atoms with van der Waals surface area (Å²) < 4.78 is 1.96. The van der Waals surface area contributed by atoms with E-state index in [9.17, 15) is 0 Å². The Hall–Kier alpha value is -1.42. The summed E-state index contributed by atoms with van der Waals surface area (Å²) in [5.74, 6) is 0.824. The molecule has 0 aromatic carbocycles. The van der Waals surface area contributed by atoms with E-state index in [4.69, 9.17) is 11.6 Å². The van der Waals surface area contributed by atoms with Crippen molar-refractivity contribution in [1.29, 1.82) is 0 Å². The molecule has 5 heteroatoms. The molecule has 2 aromatic heterocycles. The molecule has 2 aromatic rings. The average molecular weight is 223 g/mol. The van der Waals surface area contributed by atoms with Crippen LogP contribution in [0, 0.1) is 6.92 Å². The number of aromatic nitrogens is 4. The topological polar surface area (TPSA) is 43.6 Å². The number of halogens is 1. The van der Waals surface area contributed by atoms with Crippen molar-refractivity contribution in [3.8, 4) is 11.4 Å². The molecular weight excluding hydrogens is 212 g/mol. The number of aryl methyl sites for hydroxylation is 2. The van der Waals surface area contributed by atoms with Crippen LogP contribution in [-0.4, -0.2) is 19.7 Å². The van der Waals surface area contributed by atoms with Crippen LogP contribution >= 0.6 is 11.6 Å². The molecule has 0 radical (unpaired) electrons. The molecule has 78 valence electrons. The zero-order valence-electron chi connectivity index (χ0n) is 8.61. The Bertz CT molecular complexity index is 458. The number of pyridine rings is 1. The first-order valence-corrected chi connectivity index (χ1v) is 5.11. The van der Waals surface area contributed by atoms with E-state index in [0.717, 1.165) is 23.6 Å². The largest absolute Gasteiger partial charge is 0.314 e. The first kappa shape index (κ1) is 10.1. The summed E-state index contributed by atoms with van der Waals surface area (Å²) in [6.07, 6.45) is 1.71. The number of hydrogen-bond acceptors (Lipinski definition) is 3. The van der Waals surface area contributed by atoms with E-state index in [1.54, 1.807) is 12.4 Å². The third kappa shape index (κ3) is 1.99. The van der Waals surface area contributed by atoms with Gasteiger partial charge in [-0.2, -0.15) is 0 Å². The van der Waals surface area contributed by atoms with Crippen LogP contribution < -0.4 is 0 Å². The van der Waals surface area contributed by atoms with Crippen LogP contribution in [-0.2, 0) is 6.54 Å². The minimum absolute atomic E-state index is 0.482. The van der Waals surface area contributed by atoms with Gasteiger partial charge in [0.25, 0.3) is 0 Å². The lowest BCUT2D eigenvalue weighted by atomic mass is 10.2. The molecule has 2 heterocycles. The summed E-state index contributed by atoms with van der Waals surface area (Å²) in [6.45, 7) is 4.78. The Labute approximate surface area is 92.9 Å². The molecule has 0 aliphatic rings. The van der Waals surface area contributed by atoms with Gasteiger partial charge in [0.05, 0.1) is 0 Å². The fourth-order valence-corrected chi connectivity index (χ4v) is 1.72. The van der Waals surface area contributed by atoms with Crippen molar-refractivity contribution in [2.45, 2.75) is 20.4 Å². The van der Waals surface area contributed by atoms with Gasteiger partial charge in [-0.05, 0) is 26.0 Å². The van der Waals surface area contributed by atoms with Crippen LogP contribution in [0.1, 0.15) is 12.6 Å². The number of nitrogens with zero attached hydrogens (tertiary/aromatic N) is 4. The second-order valence-electron chi connectivity index (χ2n) is 3.26. The van der Waals surface area contributed by atoms with Crippen LogP contribution in [0.25, 0.3) is 11.4 Å². The number of rotatable bonds is 2. The zero-order chi connectivity index (χ0) is 10.8. The summed E-state index contributed by atoms with van der Waals surface area (Å²) in [5.41, 5.74) is 1.83. The van der Waals surface area contributed by atoms with Crippen LogP contribution in [0.2, 0.25) is 5.15 Å². The molecule has 15 heavy (non-hydrogen) atoms. The highest BCUT2D eigenvalue weighted by atomic mass is 35.5. The van der Waals surface area contributed by atoms with E-state index in [0.29, 0.717) is 5.15 Å². The summed E-state index contributed by atoms with van der Waals surface area (Å²) in [5, 5.41) is 8.43. The second kappa shape index (κ2) is 3.98. The quantitative estimate of drug-likeness (QED) is 0.733. The van der Waals surface area contributed by atoms with Gasteiger partial charge in [0.2, 0.25) is 0 Å². The second-order valence-corrected chi connectivity index (χ2v) is 3.65. The van der Waals surface area contributed by atoms with E-state index in [-0.39, 0.29) is 0 Å². The standard InChI is InChI=1S/C10H11ClN4/c1-3-15-6-12-14-10(15)8-4-7(2)13-9(11)5-8/h4-6H,3H2,1-2H3. The zero-order valence-corrected chi connectivity index (χ0v) is 9.36. The highest BCUT2D eigenvalue weighted by molar-refractivity contribution is 6.29. The van der Waals surface area contributed by atoms with Crippen LogP contribution in [0.4, 0.5) is 0 Å². The van der Waals surface area contributed by atoms with Gasteiger partial charge >= 0.3 is 0 Å². The molecule has 0 N–H and O–H groups in total. The molecule has 0 fully saturated rings. The maximum Gasteiger partial charge on any atom is 0.163 e. The molecule has 4 nitrogen and oxygen atoms in total. The minimum Gasteiger partial charge on any atom is -0.314 e. The number of hydrogen-bond donors (Lipinski definition) is 0. The Balaban J connectivity index is 2.53. The maximum atomic E-state index is 5.89. The molecule has 0 aliphatic carbocycles. The molecule has 0 bridgehead atoms. The van der Waals surface area contributed by atoms with Gasteiger partial charge in [-0.25, -0.2) is 4.98 Å². The van der Waals surface area contributed by atoms with E-state index in [2.05, 4.69) is 15.2 Å². The summed E-state index contributed by atoms with van der Waals surface area (Å²) in [6, 6.07) is 3.74. The smallest absolute Gasteiger partial charge is 0.163 e. The van der Waals surface area contributed by atoms with Crippen LogP contribution in [0.3, 0.4) is 0 Å². The molecular formula is C10H11ClN4. The summed E-state index contributed by atoms with van der Waals surface area (Å²) in [4.78, 5) is 4.11. The van der Waals surface area contributed by atoms with Crippen molar-refractivity contribution in [3.63, 3.8) is 0 Å². The molecule has 0 saturated heterocycles. The third-order valence-corrected chi connectivity index (χ3v) is 2.33. The van der Waals surface area contributed by atoms with Gasteiger partial charge < -0.3 is 4.57 Å². The summed E-state index contributed by atoms with van der Waals surface area (Å²) in [7, 11) is 0. The van der Waals surface area contributed by atoms with Gasteiger partial charge in [-0.3, -0.25) is 0 Å². The van der Waals surface area contributed by atoms with Gasteiger partial charge in [-0.1, -0.05) is 11.6 Å². The van der Waals surface area contributed by atoms with Gasteiger partial charge in [0.15, 0.2) is 5.82 Å². The molecule has 2 rings (SSSR count). The highest BCUT2D eigenvalue weighted by Crippen LogP contribution is 2.20. The monoisotopic (exact) mass is 222 g/mol. The fourth-order valence-electron chi connectivity index (χ4n) is 1.47. The first-order valence-electron chi connectivity index (χ1n) is 4.73.